The van der Waals surface area contributed by atoms with Crippen molar-refractivity contribution in [2.75, 3.05) is 18.9 Å². The van der Waals surface area contributed by atoms with Gasteiger partial charge in [0, 0.05) is 22.2 Å². The summed E-state index contributed by atoms with van der Waals surface area (Å²) in [4.78, 5) is 1.18. The van der Waals surface area contributed by atoms with E-state index < -0.39 is 0 Å². The number of nitrogens with one attached hydrogen (secondary N) is 1. The molecule has 0 unspecified atom stereocenters. The summed E-state index contributed by atoms with van der Waals surface area (Å²) in [5.74, 6) is 2.03. The lowest BCUT2D eigenvalue weighted by atomic mass is 9.95. The van der Waals surface area contributed by atoms with Crippen LogP contribution in [0.25, 0.3) is 11.1 Å². The first-order chi connectivity index (χ1) is 13.5. The number of rotatable bonds is 7. The van der Waals surface area contributed by atoms with Crippen molar-refractivity contribution in [3.05, 3.63) is 71.8 Å². The molecule has 0 aliphatic carbocycles. The lowest BCUT2D eigenvalue weighted by Gasteiger charge is -2.17. The standard InChI is InChI=1S/C24H27NO2S/c1-16(2)21-14-22(24(27-5)15-23(21)26-4)18-7-6-8-19(13-18)25-28-20-11-9-17(3)10-12-20/h6-16,25H,1-5H3. The van der Waals surface area contributed by atoms with E-state index in [0.717, 1.165) is 28.3 Å². The first kappa shape index (κ1) is 20.2. The fraction of sp³-hybridized carbons (Fsp3) is 0.250. The lowest BCUT2D eigenvalue weighted by Crippen LogP contribution is -1.98. The molecule has 0 spiro atoms. The molecule has 0 aromatic heterocycles. The summed E-state index contributed by atoms with van der Waals surface area (Å²) in [5, 5.41) is 0. The van der Waals surface area contributed by atoms with Crippen molar-refractivity contribution in [1.82, 2.24) is 0 Å². The first-order valence-corrected chi connectivity index (χ1v) is 10.2. The van der Waals surface area contributed by atoms with Gasteiger partial charge in [0.25, 0.3) is 0 Å². The quantitative estimate of drug-likeness (QED) is 0.441. The molecule has 0 saturated carbocycles. The van der Waals surface area contributed by atoms with Gasteiger partial charge in [0.05, 0.1) is 14.2 Å². The monoisotopic (exact) mass is 393 g/mol. The molecule has 3 aromatic carbocycles. The molecule has 3 rings (SSSR count). The predicted molar refractivity (Wildman–Crippen MR) is 120 cm³/mol. The summed E-state index contributed by atoms with van der Waals surface area (Å²) in [6.07, 6.45) is 0. The highest BCUT2D eigenvalue weighted by molar-refractivity contribution is 8.00. The van der Waals surface area contributed by atoms with Gasteiger partial charge in [-0.05, 0) is 66.2 Å². The maximum absolute atomic E-state index is 5.65. The second-order valence-electron chi connectivity index (χ2n) is 7.05. The number of hydrogen-bond donors (Lipinski definition) is 1. The fourth-order valence-electron chi connectivity index (χ4n) is 3.07. The van der Waals surface area contributed by atoms with E-state index in [1.807, 2.05) is 6.07 Å². The smallest absolute Gasteiger partial charge is 0.130 e. The maximum Gasteiger partial charge on any atom is 0.130 e. The van der Waals surface area contributed by atoms with E-state index >= 15 is 0 Å². The first-order valence-electron chi connectivity index (χ1n) is 9.37. The molecular weight excluding hydrogens is 366 g/mol. The molecule has 3 nitrogen and oxygen atoms in total. The fourth-order valence-corrected chi connectivity index (χ4v) is 3.71. The third-order valence-corrected chi connectivity index (χ3v) is 5.50. The van der Waals surface area contributed by atoms with Crippen molar-refractivity contribution in [2.24, 2.45) is 0 Å². The van der Waals surface area contributed by atoms with Gasteiger partial charge in [0.2, 0.25) is 0 Å². The van der Waals surface area contributed by atoms with Crippen LogP contribution in [-0.2, 0) is 0 Å². The van der Waals surface area contributed by atoms with E-state index in [2.05, 4.69) is 80.1 Å². The van der Waals surface area contributed by atoms with Crippen molar-refractivity contribution < 1.29 is 9.47 Å². The topological polar surface area (TPSA) is 30.5 Å². The van der Waals surface area contributed by atoms with E-state index in [1.54, 1.807) is 26.2 Å². The van der Waals surface area contributed by atoms with Gasteiger partial charge < -0.3 is 14.2 Å². The Morgan fingerprint density at radius 3 is 2.21 bits per heavy atom. The van der Waals surface area contributed by atoms with Gasteiger partial charge in [-0.1, -0.05) is 43.7 Å². The third kappa shape index (κ3) is 4.63. The van der Waals surface area contributed by atoms with Crippen LogP contribution >= 0.6 is 11.9 Å². The van der Waals surface area contributed by atoms with E-state index in [9.17, 15) is 0 Å². The Morgan fingerprint density at radius 1 is 0.857 bits per heavy atom. The number of methoxy groups -OCH3 is 2. The highest BCUT2D eigenvalue weighted by atomic mass is 32.2. The zero-order chi connectivity index (χ0) is 20.1. The number of hydrogen-bond acceptors (Lipinski definition) is 4. The maximum atomic E-state index is 5.65. The molecule has 0 saturated heterocycles. The van der Waals surface area contributed by atoms with Crippen molar-refractivity contribution >= 4 is 17.6 Å². The summed E-state index contributed by atoms with van der Waals surface area (Å²) in [5.41, 5.74) is 5.66. The molecule has 0 aliphatic rings. The molecule has 0 aliphatic heterocycles. The van der Waals surface area contributed by atoms with Gasteiger partial charge >= 0.3 is 0 Å². The summed E-state index contributed by atoms with van der Waals surface area (Å²) >= 11 is 1.61. The molecule has 0 amide bonds. The zero-order valence-corrected chi connectivity index (χ0v) is 17.9. The summed E-state index contributed by atoms with van der Waals surface area (Å²) < 4.78 is 14.7. The Bertz CT molecular complexity index is 936. The molecule has 0 atom stereocenters. The number of anilines is 1. The molecule has 3 aromatic rings. The predicted octanol–water partition coefficient (Wildman–Crippen LogP) is 6.92. The molecule has 146 valence electrons. The normalized spacial score (nSPS) is 10.8. The van der Waals surface area contributed by atoms with Crippen molar-refractivity contribution in [3.8, 4) is 22.6 Å². The van der Waals surface area contributed by atoms with Gasteiger partial charge in [-0.25, -0.2) is 0 Å². The van der Waals surface area contributed by atoms with Gasteiger partial charge in [0.15, 0.2) is 0 Å². The highest BCUT2D eigenvalue weighted by Gasteiger charge is 2.15. The second-order valence-corrected chi connectivity index (χ2v) is 7.93. The zero-order valence-electron chi connectivity index (χ0n) is 17.1. The Balaban J connectivity index is 1.90. The van der Waals surface area contributed by atoms with E-state index in [0.29, 0.717) is 5.92 Å². The van der Waals surface area contributed by atoms with Crippen molar-refractivity contribution in [3.63, 3.8) is 0 Å². The SMILES string of the molecule is COc1cc(OC)c(C(C)C)cc1-c1cccc(NSc2ccc(C)cc2)c1. The van der Waals surface area contributed by atoms with Gasteiger partial charge in [0.1, 0.15) is 11.5 Å². The van der Waals surface area contributed by atoms with Crippen molar-refractivity contribution in [2.45, 2.75) is 31.6 Å². The number of aryl methyl sites for hydroxylation is 1. The molecule has 0 heterocycles. The van der Waals surface area contributed by atoms with Gasteiger partial charge in [-0.3, -0.25) is 0 Å². The second kappa shape index (κ2) is 9.07. The van der Waals surface area contributed by atoms with Crippen LogP contribution in [0.4, 0.5) is 5.69 Å². The van der Waals surface area contributed by atoms with Crippen LogP contribution in [0.3, 0.4) is 0 Å². The Labute approximate surface area is 172 Å². The van der Waals surface area contributed by atoms with Crippen molar-refractivity contribution in [1.29, 1.82) is 0 Å². The van der Waals surface area contributed by atoms with Crippen LogP contribution in [0.1, 0.15) is 30.9 Å². The molecule has 1 N–H and O–H groups in total. The summed E-state index contributed by atoms with van der Waals surface area (Å²) in [6.45, 7) is 6.44. The Kier molecular flexibility index (Phi) is 6.53. The van der Waals surface area contributed by atoms with Crippen LogP contribution in [-0.4, -0.2) is 14.2 Å². The van der Waals surface area contributed by atoms with Gasteiger partial charge in [-0.2, -0.15) is 0 Å². The highest BCUT2D eigenvalue weighted by Crippen LogP contribution is 2.39. The van der Waals surface area contributed by atoms with Crippen LogP contribution in [0.2, 0.25) is 0 Å². The minimum Gasteiger partial charge on any atom is -0.496 e. The number of benzene rings is 3. The summed E-state index contributed by atoms with van der Waals surface area (Å²) in [7, 11) is 3.40. The average Bonchev–Trinajstić information content (AvgIpc) is 2.72. The molecule has 0 fully saturated rings. The minimum atomic E-state index is 0.359. The minimum absolute atomic E-state index is 0.359. The van der Waals surface area contributed by atoms with Crippen LogP contribution in [0.15, 0.2) is 65.6 Å². The average molecular weight is 394 g/mol. The largest absolute Gasteiger partial charge is 0.496 e. The van der Waals surface area contributed by atoms with E-state index in [-0.39, 0.29) is 0 Å². The Morgan fingerprint density at radius 2 is 1.57 bits per heavy atom. The summed E-state index contributed by atoms with van der Waals surface area (Å²) in [6, 6.07) is 21.0. The van der Waals surface area contributed by atoms with E-state index in [1.165, 1.54) is 16.0 Å². The van der Waals surface area contributed by atoms with Crippen LogP contribution < -0.4 is 14.2 Å². The lowest BCUT2D eigenvalue weighted by molar-refractivity contribution is 0.390. The molecule has 0 bridgehead atoms. The van der Waals surface area contributed by atoms with E-state index in [4.69, 9.17) is 9.47 Å². The molecular formula is C24H27NO2S. The third-order valence-electron chi connectivity index (χ3n) is 4.66. The molecule has 28 heavy (non-hydrogen) atoms. The molecule has 4 heteroatoms. The van der Waals surface area contributed by atoms with Crippen LogP contribution in [0, 0.1) is 6.92 Å². The Hall–Kier alpha value is -2.59. The van der Waals surface area contributed by atoms with Crippen LogP contribution in [0.5, 0.6) is 11.5 Å². The number of ether oxygens (including phenoxy) is 2. The molecule has 0 radical (unpaired) electrons. The van der Waals surface area contributed by atoms with Gasteiger partial charge in [-0.15, -0.1) is 0 Å².